The van der Waals surface area contributed by atoms with E-state index in [4.69, 9.17) is 0 Å². The van der Waals surface area contributed by atoms with E-state index in [-0.39, 0.29) is 11.8 Å². The van der Waals surface area contributed by atoms with Gasteiger partial charge in [-0.25, -0.2) is 0 Å². The van der Waals surface area contributed by atoms with Crippen LogP contribution in [0, 0.1) is 0 Å². The molecule has 0 bridgehead atoms. The molecule has 3 rings (SSSR count). The number of carbonyl (C=O) groups is 2. The molecular weight excluding hydrogens is 338 g/mol. The lowest BCUT2D eigenvalue weighted by Gasteiger charge is -2.18. The molecule has 0 unspecified atom stereocenters. The molecule has 1 amide bonds. The quantitative estimate of drug-likeness (QED) is 0.658. The summed E-state index contributed by atoms with van der Waals surface area (Å²) in [7, 11) is 0. The highest BCUT2D eigenvalue weighted by molar-refractivity contribution is 6.08. The van der Waals surface area contributed by atoms with Gasteiger partial charge in [-0.15, -0.1) is 0 Å². The van der Waals surface area contributed by atoms with Crippen LogP contribution in [0.2, 0.25) is 0 Å². The van der Waals surface area contributed by atoms with Crippen molar-refractivity contribution in [3.63, 3.8) is 0 Å². The maximum Gasteiger partial charge on any atom is 0.253 e. The van der Waals surface area contributed by atoms with Gasteiger partial charge in [-0.3, -0.25) is 9.59 Å². The maximum atomic E-state index is 12.4. The predicted octanol–water partition coefficient (Wildman–Crippen LogP) is 3.83. The summed E-state index contributed by atoms with van der Waals surface area (Å²) in [5.41, 5.74) is 2.63. The molecule has 4 nitrogen and oxygen atoms in total. The fraction of sp³-hybridized carbons (Fsp3) is 0.130. The first-order valence-electron chi connectivity index (χ1n) is 8.79. The van der Waals surface area contributed by atoms with Crippen molar-refractivity contribution < 1.29 is 14.7 Å². The first-order chi connectivity index (χ1) is 13.1. The normalized spacial score (nSPS) is 12.8. The number of aliphatic hydroxyl groups excluding tert-OH is 1. The van der Waals surface area contributed by atoms with Crippen LogP contribution in [0.15, 0.2) is 84.9 Å². The lowest BCUT2D eigenvalue weighted by atomic mass is 10.00. The average molecular weight is 359 g/mol. The van der Waals surface area contributed by atoms with Crippen LogP contribution in [0.3, 0.4) is 0 Å². The van der Waals surface area contributed by atoms with E-state index in [1.807, 2.05) is 43.3 Å². The van der Waals surface area contributed by atoms with Crippen LogP contribution in [0.25, 0.3) is 0 Å². The third-order valence-electron chi connectivity index (χ3n) is 4.43. The van der Waals surface area contributed by atoms with Crippen molar-refractivity contribution >= 4 is 11.7 Å². The molecule has 136 valence electrons. The van der Waals surface area contributed by atoms with Gasteiger partial charge in [0.2, 0.25) is 0 Å². The van der Waals surface area contributed by atoms with E-state index in [0.717, 1.165) is 5.56 Å². The summed E-state index contributed by atoms with van der Waals surface area (Å²) in [5, 5.41) is 13.0. The van der Waals surface area contributed by atoms with E-state index >= 15 is 0 Å². The van der Waals surface area contributed by atoms with Gasteiger partial charge in [0.25, 0.3) is 5.91 Å². The third-order valence-corrected chi connectivity index (χ3v) is 4.43. The van der Waals surface area contributed by atoms with E-state index in [9.17, 15) is 14.7 Å². The SMILES string of the molecule is C[C@@H](NC(=O)[C@H](O)c1ccccc1)c1ccc(C(=O)c2ccccc2)cc1. The van der Waals surface area contributed by atoms with Crippen LogP contribution in [-0.2, 0) is 4.79 Å². The Labute approximate surface area is 158 Å². The number of ketones is 1. The fourth-order valence-electron chi connectivity index (χ4n) is 2.84. The summed E-state index contributed by atoms with van der Waals surface area (Å²) in [6.07, 6.45) is -1.22. The first-order valence-corrected chi connectivity index (χ1v) is 8.79. The number of amides is 1. The van der Waals surface area contributed by atoms with Gasteiger partial charge >= 0.3 is 0 Å². The van der Waals surface area contributed by atoms with Gasteiger partial charge in [0, 0.05) is 11.1 Å². The van der Waals surface area contributed by atoms with Crippen LogP contribution in [-0.4, -0.2) is 16.8 Å². The van der Waals surface area contributed by atoms with Crippen molar-refractivity contribution in [1.82, 2.24) is 5.32 Å². The number of hydrogen-bond acceptors (Lipinski definition) is 3. The summed E-state index contributed by atoms with van der Waals surface area (Å²) in [4.78, 5) is 24.7. The van der Waals surface area contributed by atoms with E-state index in [1.165, 1.54) is 0 Å². The second-order valence-corrected chi connectivity index (χ2v) is 6.36. The smallest absolute Gasteiger partial charge is 0.253 e. The minimum atomic E-state index is -1.22. The highest BCUT2D eigenvalue weighted by atomic mass is 16.3. The standard InChI is InChI=1S/C23H21NO3/c1-16(24-23(27)22(26)19-10-6-3-7-11-19)17-12-14-20(15-13-17)21(25)18-8-4-2-5-9-18/h2-16,22,26H,1H3,(H,24,27)/t16-,22-/m1/s1. The minimum absolute atomic E-state index is 0.0432. The summed E-state index contributed by atoms with van der Waals surface area (Å²) in [5.74, 6) is -0.503. The Bertz CT molecular complexity index is 905. The average Bonchev–Trinajstić information content (AvgIpc) is 2.74. The van der Waals surface area contributed by atoms with Crippen molar-refractivity contribution in [2.45, 2.75) is 19.1 Å². The zero-order chi connectivity index (χ0) is 19.2. The molecule has 0 aromatic heterocycles. The molecule has 0 saturated heterocycles. The number of carbonyl (C=O) groups excluding carboxylic acids is 2. The molecular formula is C23H21NO3. The van der Waals surface area contributed by atoms with Crippen molar-refractivity contribution in [1.29, 1.82) is 0 Å². The molecule has 0 aliphatic rings. The zero-order valence-corrected chi connectivity index (χ0v) is 15.0. The molecule has 27 heavy (non-hydrogen) atoms. The molecule has 3 aromatic carbocycles. The van der Waals surface area contributed by atoms with Crippen molar-refractivity contribution in [2.24, 2.45) is 0 Å². The van der Waals surface area contributed by atoms with Gasteiger partial charge in [-0.2, -0.15) is 0 Å². The number of benzene rings is 3. The van der Waals surface area contributed by atoms with Gasteiger partial charge in [0.1, 0.15) is 0 Å². The lowest BCUT2D eigenvalue weighted by Crippen LogP contribution is -2.31. The van der Waals surface area contributed by atoms with Crippen LogP contribution < -0.4 is 5.32 Å². The molecule has 2 atom stereocenters. The molecule has 3 aromatic rings. The molecule has 0 heterocycles. The Balaban J connectivity index is 1.66. The van der Waals surface area contributed by atoms with Gasteiger partial charge < -0.3 is 10.4 Å². The summed E-state index contributed by atoms with van der Waals surface area (Å²) >= 11 is 0. The topological polar surface area (TPSA) is 66.4 Å². The molecule has 0 saturated carbocycles. The van der Waals surface area contributed by atoms with E-state index < -0.39 is 12.0 Å². The van der Waals surface area contributed by atoms with Crippen LogP contribution >= 0.6 is 0 Å². The Morgan fingerprint density at radius 1 is 0.741 bits per heavy atom. The van der Waals surface area contributed by atoms with E-state index in [1.54, 1.807) is 48.5 Å². The zero-order valence-electron chi connectivity index (χ0n) is 15.0. The van der Waals surface area contributed by atoms with Crippen LogP contribution in [0.1, 0.15) is 46.1 Å². The Hall–Kier alpha value is -3.24. The van der Waals surface area contributed by atoms with Gasteiger partial charge in [0.05, 0.1) is 6.04 Å². The summed E-state index contributed by atoms with van der Waals surface area (Å²) < 4.78 is 0. The van der Waals surface area contributed by atoms with Gasteiger partial charge in [-0.1, -0.05) is 84.9 Å². The molecule has 4 heteroatoms. The Morgan fingerprint density at radius 3 is 1.85 bits per heavy atom. The summed E-state index contributed by atoms with van der Waals surface area (Å²) in [6, 6.07) is 24.7. The molecule has 0 spiro atoms. The van der Waals surface area contributed by atoms with E-state index in [0.29, 0.717) is 16.7 Å². The third kappa shape index (κ3) is 4.49. The van der Waals surface area contributed by atoms with Crippen LogP contribution in [0.4, 0.5) is 0 Å². The number of nitrogens with one attached hydrogen (secondary N) is 1. The second-order valence-electron chi connectivity index (χ2n) is 6.36. The fourth-order valence-corrected chi connectivity index (χ4v) is 2.84. The summed E-state index contributed by atoms with van der Waals surface area (Å²) in [6.45, 7) is 1.84. The molecule has 2 N–H and O–H groups in total. The second kappa shape index (κ2) is 8.43. The van der Waals surface area contributed by atoms with Crippen molar-refractivity contribution in [3.05, 3.63) is 107 Å². The lowest BCUT2D eigenvalue weighted by molar-refractivity contribution is -0.130. The van der Waals surface area contributed by atoms with Crippen molar-refractivity contribution in [2.75, 3.05) is 0 Å². The first kappa shape index (κ1) is 18.5. The van der Waals surface area contributed by atoms with Gasteiger partial charge in [0.15, 0.2) is 11.9 Å². The highest BCUT2D eigenvalue weighted by Crippen LogP contribution is 2.18. The number of aliphatic hydroxyl groups is 1. The largest absolute Gasteiger partial charge is 0.378 e. The Morgan fingerprint density at radius 2 is 1.26 bits per heavy atom. The van der Waals surface area contributed by atoms with Gasteiger partial charge in [-0.05, 0) is 18.1 Å². The number of hydrogen-bond donors (Lipinski definition) is 2. The minimum Gasteiger partial charge on any atom is -0.378 e. The molecule has 0 aliphatic heterocycles. The highest BCUT2D eigenvalue weighted by Gasteiger charge is 2.19. The maximum absolute atomic E-state index is 12.4. The van der Waals surface area contributed by atoms with Crippen molar-refractivity contribution in [3.8, 4) is 0 Å². The predicted molar refractivity (Wildman–Crippen MR) is 104 cm³/mol. The molecule has 0 radical (unpaired) electrons. The molecule has 0 fully saturated rings. The Kier molecular flexibility index (Phi) is 5.79. The van der Waals surface area contributed by atoms with E-state index in [2.05, 4.69) is 5.32 Å². The molecule has 0 aliphatic carbocycles. The van der Waals surface area contributed by atoms with Crippen LogP contribution in [0.5, 0.6) is 0 Å². The number of rotatable bonds is 6. The monoisotopic (exact) mass is 359 g/mol.